The number of carboxylic acid groups (broad SMARTS) is 2. The molecule has 1 aromatic carbocycles. The Hall–Kier alpha value is -1.57. The molecule has 1 aromatic rings. The molecular formula is C17H21NO5S. The number of thioether (sulfide) groups is 1. The summed E-state index contributed by atoms with van der Waals surface area (Å²) < 4.78 is 0. The van der Waals surface area contributed by atoms with E-state index in [0.717, 1.165) is 10.5 Å². The predicted octanol–water partition coefficient (Wildman–Crippen LogP) is 1.12. The maximum atomic E-state index is 11.8. The van der Waals surface area contributed by atoms with E-state index in [0.29, 0.717) is 5.75 Å². The Bertz CT molecular complexity index is 708. The molecule has 0 amide bonds. The van der Waals surface area contributed by atoms with Gasteiger partial charge in [0.2, 0.25) is 0 Å². The number of fused-ring (bicyclic) bond motifs is 1. The van der Waals surface area contributed by atoms with Crippen LogP contribution in [0.1, 0.15) is 11.1 Å². The number of aliphatic hydroxyl groups excluding tert-OH is 1. The molecular weight excluding hydrogens is 330 g/mol. The van der Waals surface area contributed by atoms with Gasteiger partial charge in [-0.1, -0.05) is 6.07 Å². The number of nitrogens with two attached hydrogens (primary N) is 1. The van der Waals surface area contributed by atoms with Crippen molar-refractivity contribution >= 4 is 23.7 Å². The molecule has 5 N–H and O–H groups in total. The summed E-state index contributed by atoms with van der Waals surface area (Å²) in [6, 6.07) is 5.96. The van der Waals surface area contributed by atoms with Crippen LogP contribution in [-0.4, -0.2) is 44.7 Å². The fourth-order valence-corrected chi connectivity index (χ4v) is 5.29. The van der Waals surface area contributed by atoms with Crippen LogP contribution in [0.4, 0.5) is 0 Å². The number of aliphatic carboxylic acids is 2. The maximum Gasteiger partial charge on any atom is 0.324 e. The highest BCUT2D eigenvalue weighted by Crippen LogP contribution is 2.64. The summed E-state index contributed by atoms with van der Waals surface area (Å²) in [4.78, 5) is 24.0. The fraction of sp³-hybridized carbons (Fsp3) is 0.529. The van der Waals surface area contributed by atoms with Gasteiger partial charge >= 0.3 is 11.9 Å². The Morgan fingerprint density at radius 2 is 1.92 bits per heavy atom. The van der Waals surface area contributed by atoms with Crippen LogP contribution in [0.5, 0.6) is 0 Å². The van der Waals surface area contributed by atoms with Crippen molar-refractivity contribution < 1.29 is 24.9 Å². The maximum absolute atomic E-state index is 11.8. The highest BCUT2D eigenvalue weighted by Gasteiger charge is 2.77. The summed E-state index contributed by atoms with van der Waals surface area (Å²) in [6.45, 7) is 4.01. The van der Waals surface area contributed by atoms with Gasteiger partial charge in [0, 0.05) is 28.4 Å². The zero-order valence-corrected chi connectivity index (χ0v) is 14.3. The van der Waals surface area contributed by atoms with Gasteiger partial charge in [-0.05, 0) is 37.1 Å². The molecule has 2 aliphatic rings. The van der Waals surface area contributed by atoms with Crippen molar-refractivity contribution in [1.82, 2.24) is 0 Å². The van der Waals surface area contributed by atoms with E-state index in [1.54, 1.807) is 0 Å². The molecule has 6 nitrogen and oxygen atoms in total. The van der Waals surface area contributed by atoms with Crippen LogP contribution in [0.2, 0.25) is 0 Å². The molecule has 0 aliphatic heterocycles. The topological polar surface area (TPSA) is 121 Å². The zero-order valence-electron chi connectivity index (χ0n) is 13.5. The van der Waals surface area contributed by atoms with Gasteiger partial charge in [0.25, 0.3) is 0 Å². The first kappa shape index (κ1) is 17.3. The Morgan fingerprint density at radius 3 is 2.46 bits per heavy atom. The van der Waals surface area contributed by atoms with E-state index in [-0.39, 0.29) is 0 Å². The first-order chi connectivity index (χ1) is 11.2. The third-order valence-electron chi connectivity index (χ3n) is 5.61. The van der Waals surface area contributed by atoms with E-state index in [9.17, 15) is 24.9 Å². The van der Waals surface area contributed by atoms with Crippen molar-refractivity contribution in [2.45, 2.75) is 30.4 Å². The van der Waals surface area contributed by atoms with Crippen LogP contribution < -0.4 is 5.73 Å². The molecule has 0 spiro atoms. The monoisotopic (exact) mass is 351 g/mol. The van der Waals surface area contributed by atoms with E-state index >= 15 is 0 Å². The largest absolute Gasteiger partial charge is 0.481 e. The van der Waals surface area contributed by atoms with Gasteiger partial charge in [0.15, 0.2) is 0 Å². The number of benzene rings is 1. The smallest absolute Gasteiger partial charge is 0.324 e. The second kappa shape index (κ2) is 5.75. The Kier molecular flexibility index (Phi) is 4.14. The minimum absolute atomic E-state index is 0.339. The van der Waals surface area contributed by atoms with Gasteiger partial charge in [-0.25, -0.2) is 0 Å². The van der Waals surface area contributed by atoms with E-state index in [4.69, 9.17) is 5.73 Å². The van der Waals surface area contributed by atoms with Crippen molar-refractivity contribution in [2.24, 2.45) is 29.4 Å². The van der Waals surface area contributed by atoms with Crippen LogP contribution in [0.15, 0.2) is 23.1 Å². The number of aliphatic hydroxyl groups is 1. The van der Waals surface area contributed by atoms with Crippen LogP contribution in [-0.2, 0) is 9.59 Å². The van der Waals surface area contributed by atoms with E-state index in [2.05, 4.69) is 0 Å². The molecule has 6 unspecified atom stereocenters. The fourth-order valence-electron chi connectivity index (χ4n) is 4.02. The minimum Gasteiger partial charge on any atom is -0.481 e. The lowest BCUT2D eigenvalue weighted by Crippen LogP contribution is -2.58. The Morgan fingerprint density at radius 1 is 1.25 bits per heavy atom. The molecule has 3 rings (SSSR count). The summed E-state index contributed by atoms with van der Waals surface area (Å²) in [5, 5.41) is 29.2. The molecule has 0 aromatic heterocycles. The second-order valence-electron chi connectivity index (χ2n) is 6.86. The van der Waals surface area contributed by atoms with Crippen LogP contribution in [0.3, 0.4) is 0 Å². The number of hydrogen-bond acceptors (Lipinski definition) is 5. The lowest BCUT2D eigenvalue weighted by Gasteiger charge is -2.32. The van der Waals surface area contributed by atoms with E-state index in [1.165, 1.54) is 17.3 Å². The highest BCUT2D eigenvalue weighted by molar-refractivity contribution is 7.99. The number of carbonyl (C=O) groups is 2. The first-order valence-electron chi connectivity index (χ1n) is 7.82. The highest BCUT2D eigenvalue weighted by atomic mass is 32.2. The molecule has 0 saturated heterocycles. The Labute approximate surface area is 144 Å². The van der Waals surface area contributed by atoms with Crippen molar-refractivity contribution in [3.8, 4) is 0 Å². The number of aryl methyl sites for hydroxylation is 2. The standard InChI is InChI=1S/C17H21NO5S/c1-7-3-4-9(5-8(7)2)24-6-10-14(19)11-12(15(20)21)13(11)17(10,18)16(22)23/h3-5,10-14,19H,6,18H2,1-2H3,(H,20,21)(H,22,23). The zero-order chi connectivity index (χ0) is 17.8. The molecule has 6 atom stereocenters. The number of hydrogen-bond donors (Lipinski definition) is 4. The van der Waals surface area contributed by atoms with Crippen molar-refractivity contribution in [3.05, 3.63) is 29.3 Å². The lowest BCUT2D eigenvalue weighted by molar-refractivity contribution is -0.148. The quantitative estimate of drug-likeness (QED) is 0.587. The van der Waals surface area contributed by atoms with Gasteiger partial charge < -0.3 is 21.1 Å². The van der Waals surface area contributed by atoms with Crippen LogP contribution >= 0.6 is 11.8 Å². The van der Waals surface area contributed by atoms with Gasteiger partial charge in [-0.2, -0.15) is 0 Å². The third kappa shape index (κ3) is 2.42. The molecule has 7 heteroatoms. The Balaban J connectivity index is 1.79. The molecule has 2 aliphatic carbocycles. The van der Waals surface area contributed by atoms with Crippen molar-refractivity contribution in [1.29, 1.82) is 0 Å². The van der Waals surface area contributed by atoms with Crippen molar-refractivity contribution in [2.75, 3.05) is 5.75 Å². The van der Waals surface area contributed by atoms with Gasteiger partial charge in [-0.3, -0.25) is 9.59 Å². The lowest BCUT2D eigenvalue weighted by atomic mass is 9.81. The van der Waals surface area contributed by atoms with E-state index in [1.807, 2.05) is 32.0 Å². The molecule has 0 radical (unpaired) electrons. The van der Waals surface area contributed by atoms with E-state index < -0.39 is 47.3 Å². The van der Waals surface area contributed by atoms with Crippen LogP contribution in [0, 0.1) is 37.5 Å². The van der Waals surface area contributed by atoms with Gasteiger partial charge in [0.05, 0.1) is 12.0 Å². The summed E-state index contributed by atoms with van der Waals surface area (Å²) in [6.07, 6.45) is -1.00. The predicted molar refractivity (Wildman–Crippen MR) is 88.8 cm³/mol. The normalized spacial score (nSPS) is 37.1. The average Bonchev–Trinajstić information content (AvgIpc) is 3.21. The van der Waals surface area contributed by atoms with Crippen LogP contribution in [0.25, 0.3) is 0 Å². The second-order valence-corrected chi connectivity index (χ2v) is 7.95. The van der Waals surface area contributed by atoms with Crippen molar-refractivity contribution in [3.63, 3.8) is 0 Å². The summed E-state index contributed by atoms with van der Waals surface area (Å²) in [7, 11) is 0. The van der Waals surface area contributed by atoms with Gasteiger partial charge in [-0.15, -0.1) is 11.8 Å². The van der Waals surface area contributed by atoms with Gasteiger partial charge in [0.1, 0.15) is 5.54 Å². The SMILES string of the molecule is Cc1ccc(SCC2C(O)C3C(C(=O)O)C3C2(N)C(=O)O)cc1C. The number of rotatable bonds is 5. The number of carboxylic acids is 2. The molecule has 130 valence electrons. The molecule has 24 heavy (non-hydrogen) atoms. The first-order valence-corrected chi connectivity index (χ1v) is 8.81. The third-order valence-corrected chi connectivity index (χ3v) is 6.72. The average molecular weight is 351 g/mol. The summed E-state index contributed by atoms with van der Waals surface area (Å²) >= 11 is 1.45. The molecule has 2 saturated carbocycles. The molecule has 2 fully saturated rings. The molecule has 0 bridgehead atoms. The molecule has 0 heterocycles. The minimum atomic E-state index is -1.69. The summed E-state index contributed by atoms with van der Waals surface area (Å²) in [5.74, 6) is -4.77. The summed E-state index contributed by atoms with van der Waals surface area (Å²) in [5.41, 5.74) is 6.75.